The van der Waals surface area contributed by atoms with Gasteiger partial charge in [0, 0.05) is 57.8 Å². The molecule has 0 saturated carbocycles. The van der Waals surface area contributed by atoms with Crippen molar-refractivity contribution in [2.45, 2.75) is 51.1 Å². The molecule has 11 heteroatoms. The molecule has 1 aliphatic rings. The van der Waals surface area contributed by atoms with Crippen LogP contribution >= 0.6 is 24.8 Å². The molecule has 0 radical (unpaired) electrons. The fourth-order valence-electron chi connectivity index (χ4n) is 5.51. The highest BCUT2D eigenvalue weighted by atomic mass is 35.5. The number of nitrogens with two attached hydrogens (primary N) is 1. The van der Waals surface area contributed by atoms with Crippen molar-refractivity contribution in [3.63, 3.8) is 0 Å². The van der Waals surface area contributed by atoms with Gasteiger partial charge in [0.25, 0.3) is 0 Å². The molecular weight excluding hydrogens is 575 g/mol. The number of hydrazine groups is 1. The van der Waals surface area contributed by atoms with Crippen LogP contribution in [-0.4, -0.2) is 83.4 Å². The predicted molar refractivity (Wildman–Crippen MR) is 172 cm³/mol. The van der Waals surface area contributed by atoms with Crippen LogP contribution in [0.2, 0.25) is 0 Å². The Balaban J connectivity index is 0.00000308. The molecule has 4 N–H and O–H groups in total. The third-order valence-corrected chi connectivity index (χ3v) is 7.91. The Morgan fingerprint density at radius 2 is 1.69 bits per heavy atom. The second-order valence-corrected chi connectivity index (χ2v) is 11.8. The highest BCUT2D eigenvalue weighted by Crippen LogP contribution is 2.36. The van der Waals surface area contributed by atoms with Crippen LogP contribution in [0.5, 0.6) is 0 Å². The quantitative estimate of drug-likeness (QED) is 0.317. The van der Waals surface area contributed by atoms with Gasteiger partial charge >= 0.3 is 0 Å². The maximum Gasteiger partial charge on any atom is 0.245 e. The lowest BCUT2D eigenvalue weighted by molar-refractivity contribution is -0.159. The number of carbonyl (C=O) groups is 3. The van der Waals surface area contributed by atoms with Gasteiger partial charge in [-0.25, -0.2) is 5.01 Å². The van der Waals surface area contributed by atoms with Gasteiger partial charge in [-0.15, -0.1) is 24.8 Å². The number of nitrogens with one attached hydrogen (secondary N) is 2. The van der Waals surface area contributed by atoms with Gasteiger partial charge in [-0.1, -0.05) is 48.5 Å². The molecule has 9 nitrogen and oxygen atoms in total. The largest absolute Gasteiger partial charge is 0.361 e. The number of hydrogen-bond acceptors (Lipinski definition) is 5. The molecule has 0 aliphatic carbocycles. The molecule has 0 bridgehead atoms. The number of likely N-dealkylation sites (tertiary alicyclic amines) is 1. The predicted octanol–water partition coefficient (Wildman–Crippen LogP) is 3.56. The fraction of sp³-hybridized carbons (Fsp3) is 0.452. The first-order valence-electron chi connectivity index (χ1n) is 13.8. The minimum absolute atomic E-state index is 0. The van der Waals surface area contributed by atoms with Crippen molar-refractivity contribution in [1.29, 1.82) is 0 Å². The molecule has 3 aromatic rings. The highest BCUT2D eigenvalue weighted by Gasteiger charge is 2.46. The maximum atomic E-state index is 14.2. The Morgan fingerprint density at radius 1 is 1.05 bits per heavy atom. The van der Waals surface area contributed by atoms with E-state index in [0.29, 0.717) is 32.2 Å². The number of carbonyl (C=O) groups excluding carboxylic acids is 3. The normalized spacial score (nSPS) is 17.6. The van der Waals surface area contributed by atoms with Crippen molar-refractivity contribution in [1.82, 2.24) is 25.2 Å². The molecule has 4 rings (SSSR count). The Hall–Kier alpha value is -3.11. The number of aromatic amines is 1. The first kappa shape index (κ1) is 35.1. The van der Waals surface area contributed by atoms with E-state index in [1.807, 2.05) is 74.9 Å². The molecule has 1 unspecified atom stereocenters. The number of nitrogens with zero attached hydrogens (tertiary/aromatic N) is 3. The van der Waals surface area contributed by atoms with Crippen molar-refractivity contribution in [2.24, 2.45) is 11.1 Å². The number of aromatic nitrogens is 1. The first-order chi connectivity index (χ1) is 18.9. The van der Waals surface area contributed by atoms with Crippen LogP contribution in [0.3, 0.4) is 0 Å². The van der Waals surface area contributed by atoms with E-state index in [4.69, 9.17) is 5.73 Å². The summed E-state index contributed by atoms with van der Waals surface area (Å²) in [5, 5.41) is 7.32. The molecule has 2 atom stereocenters. The highest BCUT2D eigenvalue weighted by molar-refractivity contribution is 5.93. The summed E-state index contributed by atoms with van der Waals surface area (Å²) < 4.78 is 0. The van der Waals surface area contributed by atoms with Crippen LogP contribution in [0.4, 0.5) is 0 Å². The lowest BCUT2D eigenvalue weighted by Gasteiger charge is -2.45. The first-order valence-corrected chi connectivity index (χ1v) is 13.8. The van der Waals surface area contributed by atoms with E-state index in [-0.39, 0.29) is 43.2 Å². The number of rotatable bonds is 9. The fourth-order valence-corrected chi connectivity index (χ4v) is 5.51. The van der Waals surface area contributed by atoms with Gasteiger partial charge in [0.15, 0.2) is 0 Å². The summed E-state index contributed by atoms with van der Waals surface area (Å²) in [5.74, 6) is -0.638. The molecule has 1 aromatic heterocycles. The number of amides is 3. The zero-order valence-electron chi connectivity index (χ0n) is 25.1. The average molecular weight is 620 g/mol. The van der Waals surface area contributed by atoms with Crippen LogP contribution in [0, 0.1) is 5.41 Å². The van der Waals surface area contributed by atoms with Crippen LogP contribution in [0.1, 0.15) is 37.8 Å². The Kier molecular flexibility index (Phi) is 12.0. The third-order valence-electron chi connectivity index (χ3n) is 7.91. The van der Waals surface area contributed by atoms with Crippen LogP contribution < -0.4 is 11.1 Å². The molecule has 230 valence electrons. The number of para-hydroxylation sites is 1. The minimum Gasteiger partial charge on any atom is -0.361 e. The second-order valence-electron chi connectivity index (χ2n) is 11.8. The van der Waals surface area contributed by atoms with Crippen LogP contribution in [-0.2, 0) is 27.2 Å². The Labute approximate surface area is 261 Å². The van der Waals surface area contributed by atoms with Crippen molar-refractivity contribution >= 4 is 53.4 Å². The minimum atomic E-state index is -1.15. The topological polar surface area (TPSA) is 115 Å². The lowest BCUT2D eigenvalue weighted by atomic mass is 9.74. The number of hydrogen-bond donors (Lipinski definition) is 3. The number of halogens is 2. The van der Waals surface area contributed by atoms with Gasteiger partial charge < -0.3 is 20.9 Å². The molecule has 2 heterocycles. The molecule has 1 fully saturated rings. The summed E-state index contributed by atoms with van der Waals surface area (Å²) in [7, 11) is 5.43. The molecule has 3 amide bonds. The van der Waals surface area contributed by atoms with E-state index >= 15 is 0 Å². The van der Waals surface area contributed by atoms with Crippen molar-refractivity contribution in [2.75, 3.05) is 34.2 Å². The average Bonchev–Trinajstić information content (AvgIpc) is 3.34. The number of benzene rings is 2. The molecular formula is C31H44Cl2N6O3. The van der Waals surface area contributed by atoms with E-state index < -0.39 is 22.9 Å². The van der Waals surface area contributed by atoms with Crippen molar-refractivity contribution in [3.8, 4) is 0 Å². The number of piperidine rings is 1. The molecule has 42 heavy (non-hydrogen) atoms. The van der Waals surface area contributed by atoms with Gasteiger partial charge in [0.05, 0.1) is 11.0 Å². The maximum absolute atomic E-state index is 14.2. The van der Waals surface area contributed by atoms with E-state index in [2.05, 4.69) is 10.3 Å². The smallest absolute Gasteiger partial charge is 0.245 e. The summed E-state index contributed by atoms with van der Waals surface area (Å²) >= 11 is 0. The molecule has 1 saturated heterocycles. The summed E-state index contributed by atoms with van der Waals surface area (Å²) in [4.78, 5) is 46.2. The monoisotopic (exact) mass is 618 g/mol. The van der Waals surface area contributed by atoms with E-state index in [1.54, 1.807) is 35.8 Å². The number of fused-ring (bicyclic) bond motifs is 1. The van der Waals surface area contributed by atoms with Crippen molar-refractivity contribution in [3.05, 3.63) is 71.9 Å². The summed E-state index contributed by atoms with van der Waals surface area (Å²) in [6, 6.07) is 17.0. The Bertz CT molecular complexity index is 1360. The zero-order chi connectivity index (χ0) is 29.1. The van der Waals surface area contributed by atoms with Crippen molar-refractivity contribution < 1.29 is 14.4 Å². The van der Waals surface area contributed by atoms with Gasteiger partial charge in [0.2, 0.25) is 17.7 Å². The molecule has 0 spiro atoms. The van der Waals surface area contributed by atoms with Crippen LogP contribution in [0.15, 0.2) is 60.8 Å². The summed E-state index contributed by atoms with van der Waals surface area (Å²) in [5.41, 5.74) is 7.10. The van der Waals surface area contributed by atoms with Gasteiger partial charge in [0.1, 0.15) is 6.04 Å². The van der Waals surface area contributed by atoms with E-state index in [1.165, 1.54) is 0 Å². The zero-order valence-corrected chi connectivity index (χ0v) is 26.7. The van der Waals surface area contributed by atoms with Gasteiger partial charge in [-0.2, -0.15) is 0 Å². The van der Waals surface area contributed by atoms with Gasteiger partial charge in [-0.3, -0.25) is 19.4 Å². The van der Waals surface area contributed by atoms with E-state index in [9.17, 15) is 14.4 Å². The SMILES string of the molecule is CN(C)N(C)C(=O)[C@@]1(Cc2ccccc2)CCCN(C(=O)C(Cc2c[nH]c3ccccc23)NC(=O)C(C)(C)N)C1.Cl.Cl. The van der Waals surface area contributed by atoms with Gasteiger partial charge in [-0.05, 0) is 50.3 Å². The third kappa shape index (κ3) is 7.83. The standard InChI is InChI=1S/C31H42N6O3.2ClH/c1-30(2,32)28(39)34-26(18-23-20-33-25-15-10-9-14-24(23)25)27(38)37-17-11-16-31(21-37,29(40)36(5)35(3)4)19-22-12-7-6-8-13-22;;/h6-10,12-15,20,26,33H,11,16-19,21,32H2,1-5H3,(H,34,39);2*1H/t26?,31-;;/m1../s1. The molecule has 2 aromatic carbocycles. The lowest BCUT2D eigenvalue weighted by Crippen LogP contribution is -2.61. The molecule has 1 aliphatic heterocycles. The number of H-pyrrole nitrogens is 1. The second kappa shape index (κ2) is 14.4. The summed E-state index contributed by atoms with van der Waals surface area (Å²) in [6.45, 7) is 4.03. The summed E-state index contributed by atoms with van der Waals surface area (Å²) in [6.07, 6.45) is 4.05. The van der Waals surface area contributed by atoms with E-state index in [0.717, 1.165) is 22.0 Å². The Morgan fingerprint density at radius 3 is 2.33 bits per heavy atom. The van der Waals surface area contributed by atoms with Crippen LogP contribution in [0.25, 0.3) is 10.9 Å².